The zero-order valence-corrected chi connectivity index (χ0v) is 8.03. The van der Waals surface area contributed by atoms with Crippen molar-refractivity contribution < 1.29 is 9.90 Å². The number of carbonyl (C=O) groups excluding carboxylic acids is 1. The third kappa shape index (κ3) is 3.91. The summed E-state index contributed by atoms with van der Waals surface area (Å²) >= 11 is 0. The fourth-order valence-electron chi connectivity index (χ4n) is 0.983. The molecule has 3 N–H and O–H groups in total. The number of hydrogen-bond donors (Lipinski definition) is 3. The largest absolute Gasteiger partial charge is 0.393 e. The molecule has 14 heavy (non-hydrogen) atoms. The normalized spacial score (nSPS) is 11.9. The van der Waals surface area contributed by atoms with E-state index in [1.54, 1.807) is 6.92 Å². The molecule has 1 atom stereocenters. The number of hydrazine groups is 1. The van der Waals surface area contributed by atoms with Crippen LogP contribution in [0.5, 0.6) is 0 Å². The minimum absolute atomic E-state index is 0.0971. The van der Waals surface area contributed by atoms with Gasteiger partial charge in [0.05, 0.1) is 18.2 Å². The van der Waals surface area contributed by atoms with Gasteiger partial charge in [0, 0.05) is 0 Å². The Hall–Kier alpha value is -1.55. The topological polar surface area (TPSA) is 61.4 Å². The molecule has 0 aliphatic heterocycles. The quantitative estimate of drug-likeness (QED) is 0.624. The van der Waals surface area contributed by atoms with Crippen LogP contribution in [0.2, 0.25) is 0 Å². The molecule has 0 aliphatic carbocycles. The first-order chi connectivity index (χ1) is 6.68. The Morgan fingerprint density at radius 1 is 1.43 bits per heavy atom. The second-order valence-corrected chi connectivity index (χ2v) is 3.09. The van der Waals surface area contributed by atoms with Crippen LogP contribution in [0.3, 0.4) is 0 Å². The first-order valence-corrected chi connectivity index (χ1v) is 4.46. The molecular formula is C10H14N2O2. The number of anilines is 1. The van der Waals surface area contributed by atoms with Crippen molar-refractivity contribution in [3.05, 3.63) is 30.3 Å². The highest BCUT2D eigenvalue weighted by molar-refractivity contribution is 5.77. The number of aliphatic hydroxyl groups is 1. The highest BCUT2D eigenvalue weighted by Gasteiger charge is 2.04. The highest BCUT2D eigenvalue weighted by atomic mass is 16.3. The van der Waals surface area contributed by atoms with E-state index in [0.717, 1.165) is 5.69 Å². The predicted molar refractivity (Wildman–Crippen MR) is 54.5 cm³/mol. The van der Waals surface area contributed by atoms with Gasteiger partial charge in [-0.2, -0.15) is 0 Å². The minimum Gasteiger partial charge on any atom is -0.393 e. The van der Waals surface area contributed by atoms with Gasteiger partial charge in [-0.25, -0.2) is 0 Å². The fourth-order valence-corrected chi connectivity index (χ4v) is 0.983. The molecule has 76 valence electrons. The predicted octanol–water partition coefficient (Wildman–Crippen LogP) is 0.901. The summed E-state index contributed by atoms with van der Waals surface area (Å²) in [5.74, 6) is -0.233. The van der Waals surface area contributed by atoms with Gasteiger partial charge in [-0.3, -0.25) is 15.6 Å². The van der Waals surface area contributed by atoms with E-state index < -0.39 is 6.10 Å². The molecule has 1 aromatic carbocycles. The molecule has 0 aromatic heterocycles. The van der Waals surface area contributed by atoms with Gasteiger partial charge in [-0.05, 0) is 19.1 Å². The Kier molecular flexibility index (Phi) is 3.94. The first-order valence-electron chi connectivity index (χ1n) is 4.46. The number of carbonyl (C=O) groups is 1. The molecule has 0 saturated heterocycles. The van der Waals surface area contributed by atoms with E-state index in [4.69, 9.17) is 5.11 Å². The lowest BCUT2D eigenvalue weighted by molar-refractivity contribution is -0.122. The van der Waals surface area contributed by atoms with Crippen molar-refractivity contribution in [2.24, 2.45) is 0 Å². The number of amides is 1. The summed E-state index contributed by atoms with van der Waals surface area (Å²) in [6, 6.07) is 9.29. The molecule has 1 unspecified atom stereocenters. The summed E-state index contributed by atoms with van der Waals surface area (Å²) in [6.07, 6.45) is -0.521. The van der Waals surface area contributed by atoms with Crippen molar-refractivity contribution in [3.63, 3.8) is 0 Å². The molecule has 1 rings (SSSR count). The first kappa shape index (κ1) is 10.5. The van der Waals surface area contributed by atoms with Crippen molar-refractivity contribution in [2.75, 3.05) is 5.43 Å². The number of rotatable bonds is 4. The Morgan fingerprint density at radius 2 is 2.07 bits per heavy atom. The third-order valence-corrected chi connectivity index (χ3v) is 1.60. The van der Waals surface area contributed by atoms with Crippen LogP contribution in [0, 0.1) is 0 Å². The molecule has 0 bridgehead atoms. The van der Waals surface area contributed by atoms with Gasteiger partial charge >= 0.3 is 0 Å². The Morgan fingerprint density at radius 3 is 2.64 bits per heavy atom. The maximum absolute atomic E-state index is 11.1. The molecule has 0 saturated carbocycles. The fraction of sp³-hybridized carbons (Fsp3) is 0.300. The molecule has 0 aliphatic rings. The number of nitrogens with one attached hydrogen (secondary N) is 2. The van der Waals surface area contributed by atoms with Crippen LogP contribution in [-0.4, -0.2) is 17.1 Å². The van der Waals surface area contributed by atoms with E-state index in [2.05, 4.69) is 10.9 Å². The van der Waals surface area contributed by atoms with E-state index >= 15 is 0 Å². The molecule has 0 spiro atoms. The van der Waals surface area contributed by atoms with Crippen LogP contribution in [0.4, 0.5) is 5.69 Å². The zero-order valence-electron chi connectivity index (χ0n) is 8.03. The van der Waals surface area contributed by atoms with E-state index in [1.165, 1.54) is 0 Å². The van der Waals surface area contributed by atoms with Crippen LogP contribution in [-0.2, 0) is 4.79 Å². The molecule has 1 aromatic rings. The van der Waals surface area contributed by atoms with E-state index in [1.807, 2.05) is 30.3 Å². The smallest absolute Gasteiger partial charge is 0.240 e. The van der Waals surface area contributed by atoms with Crippen LogP contribution >= 0.6 is 0 Å². The van der Waals surface area contributed by atoms with Crippen LogP contribution in [0.25, 0.3) is 0 Å². The Labute approximate surface area is 82.9 Å². The second-order valence-electron chi connectivity index (χ2n) is 3.09. The molecule has 0 heterocycles. The van der Waals surface area contributed by atoms with E-state index in [9.17, 15) is 4.79 Å². The lowest BCUT2D eigenvalue weighted by atomic mass is 10.3. The zero-order chi connectivity index (χ0) is 10.4. The van der Waals surface area contributed by atoms with Gasteiger partial charge in [-0.15, -0.1) is 0 Å². The third-order valence-electron chi connectivity index (χ3n) is 1.60. The number of para-hydroxylation sites is 1. The van der Waals surface area contributed by atoms with Gasteiger partial charge in [-0.1, -0.05) is 18.2 Å². The average molecular weight is 194 g/mol. The number of aliphatic hydroxyl groups excluding tert-OH is 1. The average Bonchev–Trinajstić information content (AvgIpc) is 2.15. The Balaban J connectivity index is 2.31. The maximum Gasteiger partial charge on any atom is 0.240 e. The van der Waals surface area contributed by atoms with Crippen LogP contribution < -0.4 is 10.9 Å². The summed E-state index contributed by atoms with van der Waals surface area (Å²) < 4.78 is 0. The van der Waals surface area contributed by atoms with Crippen molar-refractivity contribution in [1.82, 2.24) is 5.43 Å². The van der Waals surface area contributed by atoms with E-state index in [-0.39, 0.29) is 12.3 Å². The van der Waals surface area contributed by atoms with Gasteiger partial charge in [0.25, 0.3) is 0 Å². The van der Waals surface area contributed by atoms with Crippen LogP contribution in [0.15, 0.2) is 30.3 Å². The van der Waals surface area contributed by atoms with Crippen molar-refractivity contribution >= 4 is 11.6 Å². The van der Waals surface area contributed by atoms with Crippen molar-refractivity contribution in [1.29, 1.82) is 0 Å². The maximum atomic E-state index is 11.1. The van der Waals surface area contributed by atoms with Crippen molar-refractivity contribution in [3.8, 4) is 0 Å². The standard InChI is InChI=1S/C10H14N2O2/c1-8(13)7-10(14)12-11-9-5-3-2-4-6-9/h2-6,8,11,13H,7H2,1H3,(H,12,14). The van der Waals surface area contributed by atoms with Gasteiger partial charge in [0.1, 0.15) is 0 Å². The summed E-state index contributed by atoms with van der Waals surface area (Å²) in [7, 11) is 0. The van der Waals surface area contributed by atoms with Crippen molar-refractivity contribution in [2.45, 2.75) is 19.4 Å². The second kappa shape index (κ2) is 5.24. The minimum atomic E-state index is -0.618. The highest BCUT2D eigenvalue weighted by Crippen LogP contribution is 2.02. The number of benzene rings is 1. The molecule has 4 nitrogen and oxygen atoms in total. The van der Waals surface area contributed by atoms with Gasteiger partial charge in [0.2, 0.25) is 5.91 Å². The summed E-state index contributed by atoms with van der Waals surface area (Å²) in [4.78, 5) is 11.1. The van der Waals surface area contributed by atoms with Gasteiger partial charge in [0.15, 0.2) is 0 Å². The lowest BCUT2D eigenvalue weighted by Gasteiger charge is -2.08. The van der Waals surface area contributed by atoms with E-state index in [0.29, 0.717) is 0 Å². The molecule has 0 radical (unpaired) electrons. The molecular weight excluding hydrogens is 180 g/mol. The summed E-state index contributed by atoms with van der Waals surface area (Å²) in [5.41, 5.74) is 6.03. The lowest BCUT2D eigenvalue weighted by Crippen LogP contribution is -2.31. The van der Waals surface area contributed by atoms with Crippen LogP contribution in [0.1, 0.15) is 13.3 Å². The summed E-state index contributed by atoms with van der Waals surface area (Å²) in [6.45, 7) is 1.57. The SMILES string of the molecule is CC(O)CC(=O)NNc1ccccc1. The molecule has 4 heteroatoms. The molecule has 0 fully saturated rings. The number of hydrogen-bond acceptors (Lipinski definition) is 3. The summed E-state index contributed by atoms with van der Waals surface area (Å²) in [5, 5.41) is 8.93. The molecule has 1 amide bonds. The van der Waals surface area contributed by atoms with Gasteiger partial charge < -0.3 is 5.11 Å². The monoisotopic (exact) mass is 194 g/mol. The Bertz CT molecular complexity index is 285.